The van der Waals surface area contributed by atoms with Gasteiger partial charge in [0, 0.05) is 31.0 Å². The second-order valence-corrected chi connectivity index (χ2v) is 5.47. The highest BCUT2D eigenvalue weighted by atomic mass is 32.2. The van der Waals surface area contributed by atoms with Gasteiger partial charge in [-0.15, -0.1) is 0 Å². The van der Waals surface area contributed by atoms with Gasteiger partial charge in [0.15, 0.2) is 11.9 Å². The summed E-state index contributed by atoms with van der Waals surface area (Å²) in [6, 6.07) is 0. The molecule has 1 aliphatic rings. The van der Waals surface area contributed by atoms with E-state index in [1.807, 2.05) is 25.6 Å². The number of thioether (sulfide) groups is 1. The average molecular weight is 268 g/mol. The Morgan fingerprint density at radius 2 is 2.22 bits per heavy atom. The summed E-state index contributed by atoms with van der Waals surface area (Å²) in [5.41, 5.74) is 6.90. The lowest BCUT2D eigenvalue weighted by Crippen LogP contribution is -2.42. The minimum Gasteiger partial charge on any atom is -0.443 e. The molecule has 1 fully saturated rings. The molecular formula is C12H20N4OS. The van der Waals surface area contributed by atoms with E-state index in [4.69, 9.17) is 10.2 Å². The predicted octanol–water partition coefficient (Wildman–Crippen LogP) is 1.41. The summed E-state index contributed by atoms with van der Waals surface area (Å²) in [5.74, 6) is 4.45. The Morgan fingerprint density at radius 1 is 1.50 bits per heavy atom. The minimum atomic E-state index is 0.480. The van der Waals surface area contributed by atoms with Crippen molar-refractivity contribution in [2.45, 2.75) is 26.8 Å². The van der Waals surface area contributed by atoms with E-state index >= 15 is 0 Å². The molecular weight excluding hydrogens is 248 g/mol. The molecule has 100 valence electrons. The van der Waals surface area contributed by atoms with Crippen LogP contribution in [0.1, 0.15) is 24.3 Å². The van der Waals surface area contributed by atoms with Gasteiger partial charge < -0.3 is 15.1 Å². The van der Waals surface area contributed by atoms with Crippen LogP contribution in [0.4, 0.5) is 0 Å². The van der Waals surface area contributed by atoms with Gasteiger partial charge in [0.1, 0.15) is 12.3 Å². The third kappa shape index (κ3) is 3.19. The second kappa shape index (κ2) is 6.13. The van der Waals surface area contributed by atoms with Gasteiger partial charge >= 0.3 is 0 Å². The third-order valence-corrected chi connectivity index (χ3v) is 3.90. The van der Waals surface area contributed by atoms with Crippen molar-refractivity contribution >= 4 is 17.7 Å². The van der Waals surface area contributed by atoms with E-state index in [0.717, 1.165) is 48.4 Å². The Bertz CT molecular complexity index is 424. The zero-order valence-corrected chi connectivity index (χ0v) is 11.8. The number of aromatic nitrogens is 1. The van der Waals surface area contributed by atoms with Crippen molar-refractivity contribution in [1.29, 1.82) is 0 Å². The van der Waals surface area contributed by atoms with Crippen molar-refractivity contribution in [3.63, 3.8) is 0 Å². The number of rotatable bonds is 3. The maximum absolute atomic E-state index is 5.99. The van der Waals surface area contributed by atoms with Gasteiger partial charge in [0.25, 0.3) is 0 Å². The summed E-state index contributed by atoms with van der Waals surface area (Å²) in [6.45, 7) is 6.42. The van der Waals surface area contributed by atoms with E-state index < -0.39 is 0 Å². The van der Waals surface area contributed by atoms with Crippen LogP contribution in [0.2, 0.25) is 0 Å². The first-order chi connectivity index (χ1) is 8.70. The summed E-state index contributed by atoms with van der Waals surface area (Å²) >= 11 is 1.96. The van der Waals surface area contributed by atoms with Crippen LogP contribution in [0.25, 0.3) is 0 Å². The van der Waals surface area contributed by atoms with Crippen LogP contribution in [-0.4, -0.2) is 40.4 Å². The van der Waals surface area contributed by atoms with Crippen LogP contribution in [0, 0.1) is 6.92 Å². The van der Waals surface area contributed by atoms with E-state index in [1.54, 1.807) is 0 Å². The van der Waals surface area contributed by atoms with Crippen molar-refractivity contribution < 1.29 is 4.42 Å². The normalized spacial score (nSPS) is 17.2. The zero-order chi connectivity index (χ0) is 13.0. The second-order valence-electron chi connectivity index (χ2n) is 4.24. The largest absolute Gasteiger partial charge is 0.443 e. The lowest BCUT2D eigenvalue weighted by atomic mass is 10.4. The first-order valence-corrected chi connectivity index (χ1v) is 7.44. The van der Waals surface area contributed by atoms with Gasteiger partial charge in [-0.2, -0.15) is 11.8 Å². The third-order valence-electron chi connectivity index (χ3n) is 2.96. The number of hydrogen-bond donors (Lipinski definition) is 1. The van der Waals surface area contributed by atoms with Crippen molar-refractivity contribution in [1.82, 2.24) is 9.88 Å². The van der Waals surface area contributed by atoms with Crippen LogP contribution < -0.4 is 5.73 Å². The lowest BCUT2D eigenvalue weighted by Gasteiger charge is -2.27. The number of guanidine groups is 1. The molecule has 5 nitrogen and oxygen atoms in total. The summed E-state index contributed by atoms with van der Waals surface area (Å²) in [4.78, 5) is 10.9. The number of nitrogens with zero attached hydrogens (tertiary/aromatic N) is 3. The van der Waals surface area contributed by atoms with Crippen LogP contribution in [-0.2, 0) is 13.0 Å². The smallest absolute Gasteiger partial charge is 0.194 e. The van der Waals surface area contributed by atoms with E-state index in [-0.39, 0.29) is 0 Å². The van der Waals surface area contributed by atoms with Crippen molar-refractivity contribution in [3.05, 3.63) is 17.3 Å². The van der Waals surface area contributed by atoms with E-state index in [9.17, 15) is 0 Å². The molecule has 0 spiro atoms. The average Bonchev–Trinajstić information content (AvgIpc) is 2.77. The Morgan fingerprint density at radius 3 is 2.83 bits per heavy atom. The molecule has 0 saturated carbocycles. The summed E-state index contributed by atoms with van der Waals surface area (Å²) in [5, 5.41) is 0. The van der Waals surface area contributed by atoms with Crippen molar-refractivity contribution in [3.8, 4) is 0 Å². The maximum atomic E-state index is 5.99. The van der Waals surface area contributed by atoms with Gasteiger partial charge in [-0.1, -0.05) is 6.92 Å². The fraction of sp³-hybridized carbons (Fsp3) is 0.667. The molecule has 2 N–H and O–H groups in total. The number of nitrogens with two attached hydrogens (primary N) is 1. The Kier molecular flexibility index (Phi) is 4.52. The molecule has 0 atom stereocenters. The Labute approximate surface area is 112 Å². The summed E-state index contributed by atoms with van der Waals surface area (Å²) < 4.78 is 5.60. The number of aliphatic imine (C=N–C) groups is 1. The number of hydrogen-bond acceptors (Lipinski definition) is 4. The first kappa shape index (κ1) is 13.3. The fourth-order valence-corrected chi connectivity index (χ4v) is 2.73. The maximum Gasteiger partial charge on any atom is 0.194 e. The van der Waals surface area contributed by atoms with E-state index in [2.05, 4.69) is 14.9 Å². The van der Waals surface area contributed by atoms with Gasteiger partial charge in [-0.25, -0.2) is 9.98 Å². The Balaban J connectivity index is 1.97. The standard InChI is InChI=1S/C12H20N4OS/c1-3-11-15-9(2)10(17-11)8-14-12(13)16-4-6-18-7-5-16/h3-8H2,1-2H3,(H2,13,14). The molecule has 0 aromatic carbocycles. The molecule has 0 radical (unpaired) electrons. The molecule has 0 bridgehead atoms. The lowest BCUT2D eigenvalue weighted by molar-refractivity contribution is 0.444. The highest BCUT2D eigenvalue weighted by molar-refractivity contribution is 7.99. The van der Waals surface area contributed by atoms with Crippen LogP contribution in [0.5, 0.6) is 0 Å². The van der Waals surface area contributed by atoms with Crippen molar-refractivity contribution in [2.24, 2.45) is 10.7 Å². The van der Waals surface area contributed by atoms with Crippen LogP contribution >= 0.6 is 11.8 Å². The van der Waals surface area contributed by atoms with E-state index in [0.29, 0.717) is 12.5 Å². The van der Waals surface area contributed by atoms with Gasteiger partial charge in [0.05, 0.1) is 5.69 Å². The molecule has 1 saturated heterocycles. The van der Waals surface area contributed by atoms with Gasteiger partial charge in [0.2, 0.25) is 0 Å². The number of aryl methyl sites for hydroxylation is 2. The molecule has 1 aromatic rings. The molecule has 2 rings (SSSR count). The quantitative estimate of drug-likeness (QED) is 0.663. The van der Waals surface area contributed by atoms with E-state index in [1.165, 1.54) is 0 Å². The first-order valence-electron chi connectivity index (χ1n) is 6.28. The molecule has 0 aliphatic carbocycles. The summed E-state index contributed by atoms with van der Waals surface area (Å²) in [7, 11) is 0. The highest BCUT2D eigenvalue weighted by Gasteiger charge is 2.13. The van der Waals surface area contributed by atoms with Gasteiger partial charge in [-0.05, 0) is 6.92 Å². The van der Waals surface area contributed by atoms with Crippen molar-refractivity contribution in [2.75, 3.05) is 24.6 Å². The minimum absolute atomic E-state index is 0.480. The topological polar surface area (TPSA) is 67.7 Å². The predicted molar refractivity (Wildman–Crippen MR) is 74.8 cm³/mol. The molecule has 1 aromatic heterocycles. The molecule has 2 heterocycles. The Hall–Kier alpha value is -1.17. The zero-order valence-electron chi connectivity index (χ0n) is 11.0. The molecule has 0 unspecified atom stereocenters. The molecule has 0 amide bonds. The molecule has 1 aliphatic heterocycles. The fourth-order valence-electron chi connectivity index (χ4n) is 1.83. The number of oxazole rings is 1. The SMILES string of the molecule is CCc1nc(C)c(CN=C(N)N2CCSCC2)o1. The van der Waals surface area contributed by atoms with Crippen LogP contribution in [0.15, 0.2) is 9.41 Å². The van der Waals surface area contributed by atoms with Gasteiger partial charge in [-0.3, -0.25) is 0 Å². The summed E-state index contributed by atoms with van der Waals surface area (Å²) in [6.07, 6.45) is 0.809. The highest BCUT2D eigenvalue weighted by Crippen LogP contribution is 2.13. The molecule has 18 heavy (non-hydrogen) atoms. The van der Waals surface area contributed by atoms with Crippen LogP contribution in [0.3, 0.4) is 0 Å². The molecule has 6 heteroatoms. The monoisotopic (exact) mass is 268 g/mol.